The van der Waals surface area contributed by atoms with Gasteiger partial charge in [-0.15, -0.1) is 0 Å². The van der Waals surface area contributed by atoms with Gasteiger partial charge in [-0.25, -0.2) is 4.79 Å². The molecule has 0 N–H and O–H groups in total. The van der Waals surface area contributed by atoms with Gasteiger partial charge >= 0.3 is 5.97 Å². The first-order valence-corrected chi connectivity index (χ1v) is 9.70. The Bertz CT molecular complexity index is 933. The third kappa shape index (κ3) is 5.71. The Morgan fingerprint density at radius 2 is 1.66 bits per heavy atom. The molecule has 0 saturated carbocycles. The summed E-state index contributed by atoms with van der Waals surface area (Å²) in [6, 6.07) is 13.9. The zero-order valence-corrected chi connectivity index (χ0v) is 18.5. The van der Waals surface area contributed by atoms with Crippen LogP contribution >= 0.6 is 0 Å². The Labute approximate surface area is 174 Å². The molecule has 0 bridgehead atoms. The van der Waals surface area contributed by atoms with Crippen LogP contribution < -0.4 is 4.90 Å². The van der Waals surface area contributed by atoms with E-state index in [2.05, 4.69) is 32.9 Å². The van der Waals surface area contributed by atoms with Gasteiger partial charge in [0.05, 0.1) is 0 Å². The number of esters is 1. The average Bonchev–Trinajstić information content (AvgIpc) is 2.64. The van der Waals surface area contributed by atoms with Crippen molar-refractivity contribution in [2.75, 3.05) is 19.0 Å². The number of nitriles is 1. The van der Waals surface area contributed by atoms with Crippen molar-refractivity contribution in [1.82, 2.24) is 0 Å². The third-order valence-corrected chi connectivity index (χ3v) is 4.97. The minimum atomic E-state index is -0.608. The van der Waals surface area contributed by atoms with Crippen LogP contribution in [0, 0.1) is 25.2 Å². The summed E-state index contributed by atoms with van der Waals surface area (Å²) in [5.74, 6) is -0.608. The number of nitrogens with zero attached hydrogens (tertiary/aromatic N) is 2. The van der Waals surface area contributed by atoms with Crippen LogP contribution in [-0.2, 0) is 21.6 Å². The van der Waals surface area contributed by atoms with Crippen molar-refractivity contribution in [2.45, 2.75) is 46.6 Å². The largest absolute Gasteiger partial charge is 0.457 e. The Balaban J connectivity index is 2.16. The van der Waals surface area contributed by atoms with Crippen molar-refractivity contribution in [3.05, 3.63) is 69.8 Å². The second kappa shape index (κ2) is 8.96. The number of rotatable bonds is 5. The number of hydrogen-bond acceptors (Lipinski definition) is 4. The predicted molar refractivity (Wildman–Crippen MR) is 119 cm³/mol. The van der Waals surface area contributed by atoms with Crippen molar-refractivity contribution in [3.63, 3.8) is 0 Å². The topological polar surface area (TPSA) is 53.3 Å². The van der Waals surface area contributed by atoms with E-state index >= 15 is 0 Å². The molecule has 0 radical (unpaired) electrons. The highest BCUT2D eigenvalue weighted by atomic mass is 16.5. The monoisotopic (exact) mass is 390 g/mol. The van der Waals surface area contributed by atoms with E-state index in [-0.39, 0.29) is 17.6 Å². The van der Waals surface area contributed by atoms with E-state index in [1.54, 1.807) is 6.08 Å². The molecule has 4 heteroatoms. The summed E-state index contributed by atoms with van der Waals surface area (Å²) in [5, 5.41) is 9.41. The Morgan fingerprint density at radius 3 is 2.10 bits per heavy atom. The summed E-state index contributed by atoms with van der Waals surface area (Å²) in [5.41, 5.74) is 6.29. The smallest absolute Gasteiger partial charge is 0.349 e. The molecule has 0 aliphatic carbocycles. The molecule has 0 heterocycles. The van der Waals surface area contributed by atoms with Crippen molar-refractivity contribution in [1.29, 1.82) is 5.26 Å². The van der Waals surface area contributed by atoms with Gasteiger partial charge in [-0.05, 0) is 65.3 Å². The Hall–Kier alpha value is -3.06. The van der Waals surface area contributed by atoms with Crippen LogP contribution in [0.25, 0.3) is 6.08 Å². The summed E-state index contributed by atoms with van der Waals surface area (Å²) < 4.78 is 5.46. The number of ether oxygens (including phenoxy) is 1. The van der Waals surface area contributed by atoms with Crippen LogP contribution in [-0.4, -0.2) is 20.1 Å². The normalized spacial score (nSPS) is 11.7. The molecule has 152 valence electrons. The lowest BCUT2D eigenvalue weighted by atomic mass is 9.84. The molecule has 0 aliphatic heterocycles. The molecule has 0 aromatic heterocycles. The molecule has 29 heavy (non-hydrogen) atoms. The summed E-state index contributed by atoms with van der Waals surface area (Å²) >= 11 is 0. The molecule has 0 amide bonds. The van der Waals surface area contributed by atoms with Crippen molar-refractivity contribution < 1.29 is 9.53 Å². The van der Waals surface area contributed by atoms with Gasteiger partial charge in [0.2, 0.25) is 0 Å². The number of benzene rings is 2. The van der Waals surface area contributed by atoms with E-state index in [1.165, 1.54) is 5.56 Å². The SMILES string of the molecule is Cc1cc(C(C)(C)C)cc(C)c1COC(=O)C(C#N)=Cc1ccc(N(C)C)cc1. The van der Waals surface area contributed by atoms with E-state index < -0.39 is 5.97 Å². The molecule has 2 aromatic rings. The first-order chi connectivity index (χ1) is 13.5. The van der Waals surface area contributed by atoms with E-state index in [4.69, 9.17) is 4.74 Å². The van der Waals surface area contributed by atoms with Crippen molar-refractivity contribution in [3.8, 4) is 6.07 Å². The van der Waals surface area contributed by atoms with Crippen LogP contribution in [0.4, 0.5) is 5.69 Å². The highest BCUT2D eigenvalue weighted by molar-refractivity contribution is 5.97. The van der Waals surface area contributed by atoms with Gasteiger partial charge in [-0.1, -0.05) is 45.0 Å². The molecule has 0 spiro atoms. The fraction of sp³-hybridized carbons (Fsp3) is 0.360. The summed E-state index contributed by atoms with van der Waals surface area (Å²) in [4.78, 5) is 14.4. The van der Waals surface area contributed by atoms with Gasteiger partial charge < -0.3 is 9.64 Å². The zero-order chi connectivity index (χ0) is 21.8. The van der Waals surface area contributed by atoms with Crippen molar-refractivity contribution >= 4 is 17.7 Å². The van der Waals surface area contributed by atoms with Gasteiger partial charge in [0.25, 0.3) is 0 Å². The lowest BCUT2D eigenvalue weighted by molar-refractivity contribution is -0.139. The van der Waals surface area contributed by atoms with Gasteiger partial charge in [-0.3, -0.25) is 0 Å². The highest BCUT2D eigenvalue weighted by Gasteiger charge is 2.18. The highest BCUT2D eigenvalue weighted by Crippen LogP contribution is 2.27. The zero-order valence-electron chi connectivity index (χ0n) is 18.5. The average molecular weight is 391 g/mol. The second-order valence-corrected chi connectivity index (χ2v) is 8.57. The number of anilines is 1. The summed E-state index contributed by atoms with van der Waals surface area (Å²) in [7, 11) is 3.92. The maximum atomic E-state index is 12.5. The maximum Gasteiger partial charge on any atom is 0.349 e. The van der Waals surface area contributed by atoms with Gasteiger partial charge in [0, 0.05) is 19.8 Å². The van der Waals surface area contributed by atoms with Gasteiger partial charge in [-0.2, -0.15) is 5.26 Å². The fourth-order valence-electron chi connectivity index (χ4n) is 3.04. The Kier molecular flexibility index (Phi) is 6.87. The minimum absolute atomic E-state index is 0.00998. The number of aryl methyl sites for hydroxylation is 2. The fourth-order valence-corrected chi connectivity index (χ4v) is 3.04. The van der Waals surface area contributed by atoms with Gasteiger partial charge in [0.1, 0.15) is 18.2 Å². The van der Waals surface area contributed by atoms with E-state index in [0.29, 0.717) is 0 Å². The first kappa shape index (κ1) is 22.2. The molecule has 0 unspecified atom stereocenters. The van der Waals surface area contributed by atoms with Crippen LogP contribution in [0.3, 0.4) is 0 Å². The minimum Gasteiger partial charge on any atom is -0.457 e. The molecule has 2 aromatic carbocycles. The lowest BCUT2D eigenvalue weighted by Crippen LogP contribution is -2.13. The van der Waals surface area contributed by atoms with Crippen LogP contribution in [0.15, 0.2) is 42.0 Å². The quantitative estimate of drug-likeness (QED) is 0.394. The summed E-state index contributed by atoms with van der Waals surface area (Å²) in [6.07, 6.45) is 1.56. The molecule has 4 nitrogen and oxygen atoms in total. The molecular formula is C25H30N2O2. The molecule has 2 rings (SSSR count). The number of carbonyl (C=O) groups is 1. The molecule has 0 aliphatic rings. The van der Waals surface area contributed by atoms with E-state index in [9.17, 15) is 10.1 Å². The second-order valence-electron chi connectivity index (χ2n) is 8.57. The molecule has 0 atom stereocenters. The predicted octanol–water partition coefficient (Wildman–Crippen LogP) is 5.32. The number of carbonyl (C=O) groups excluding carboxylic acids is 1. The first-order valence-electron chi connectivity index (χ1n) is 9.70. The van der Waals surface area contributed by atoms with Gasteiger partial charge in [0.15, 0.2) is 0 Å². The van der Waals surface area contributed by atoms with Crippen molar-refractivity contribution in [2.24, 2.45) is 0 Å². The maximum absolute atomic E-state index is 12.5. The van der Waals surface area contributed by atoms with Crippen LogP contribution in [0.2, 0.25) is 0 Å². The Morgan fingerprint density at radius 1 is 1.10 bits per heavy atom. The molecule has 0 saturated heterocycles. The third-order valence-electron chi connectivity index (χ3n) is 4.97. The lowest BCUT2D eigenvalue weighted by Gasteiger charge is -2.22. The van der Waals surface area contributed by atoms with E-state index in [0.717, 1.165) is 27.9 Å². The summed E-state index contributed by atoms with van der Waals surface area (Å²) in [6.45, 7) is 10.7. The van der Waals surface area contributed by atoms with E-state index in [1.807, 2.05) is 63.2 Å². The number of hydrogen-bond donors (Lipinski definition) is 0. The van der Waals surface area contributed by atoms with Crippen LogP contribution in [0.1, 0.15) is 48.6 Å². The van der Waals surface area contributed by atoms with Crippen LogP contribution in [0.5, 0.6) is 0 Å². The standard InChI is InChI=1S/C25H30N2O2/c1-17-12-21(25(3,4)5)13-18(2)23(17)16-29-24(28)20(15-26)14-19-8-10-22(11-9-19)27(6)7/h8-14H,16H2,1-7H3. The molecule has 0 fully saturated rings. The molecular weight excluding hydrogens is 360 g/mol.